The fourth-order valence-corrected chi connectivity index (χ4v) is 0.176. The zero-order valence-electron chi connectivity index (χ0n) is 6.16. The molecule has 0 aromatic carbocycles. The lowest BCUT2D eigenvalue weighted by molar-refractivity contribution is -0.133. The predicted octanol–water partition coefficient (Wildman–Crippen LogP) is 0.861. The largest absolute Gasteiger partial charge is 0.473 e. The lowest BCUT2D eigenvalue weighted by Crippen LogP contribution is -1.98. The summed E-state index contributed by atoms with van der Waals surface area (Å²) in [5.74, 6) is -0.431. The molecular weight excluding hydrogens is 148 g/mol. The highest BCUT2D eigenvalue weighted by Gasteiger charge is 1.97. The van der Waals surface area contributed by atoms with Gasteiger partial charge in [-0.1, -0.05) is 13.2 Å². The van der Waals surface area contributed by atoms with Gasteiger partial charge in [-0.05, 0) is 6.92 Å². The van der Waals surface area contributed by atoms with Crippen LogP contribution in [0.1, 0.15) is 6.92 Å². The Morgan fingerprint density at radius 1 is 1.73 bits per heavy atom. The SMILES string of the molecule is C=COC(=O)C(=C)C.O=[C]O. The van der Waals surface area contributed by atoms with Crippen LogP contribution >= 0.6 is 0 Å². The van der Waals surface area contributed by atoms with E-state index in [-0.39, 0.29) is 0 Å². The first-order chi connectivity index (χ1) is 5.09. The fraction of sp³-hybridized carbons (Fsp3) is 0.143. The Hall–Kier alpha value is -1.58. The maximum absolute atomic E-state index is 10.3. The third-order valence-corrected chi connectivity index (χ3v) is 0.539. The van der Waals surface area contributed by atoms with Crippen LogP contribution in [0.2, 0.25) is 0 Å². The number of carbonyl (C=O) groups excluding carboxylic acids is 1. The van der Waals surface area contributed by atoms with Crippen LogP contribution in [-0.2, 0) is 14.3 Å². The molecule has 0 heterocycles. The zero-order valence-corrected chi connectivity index (χ0v) is 6.16. The highest BCUT2D eigenvalue weighted by Crippen LogP contribution is 1.90. The summed E-state index contributed by atoms with van der Waals surface area (Å²) < 4.78 is 4.33. The van der Waals surface area contributed by atoms with E-state index in [2.05, 4.69) is 17.9 Å². The molecule has 4 heteroatoms. The molecule has 0 amide bonds. The van der Waals surface area contributed by atoms with Crippen LogP contribution < -0.4 is 0 Å². The summed E-state index contributed by atoms with van der Waals surface area (Å²) in [6.45, 7) is 8.63. The molecular formula is C7H9O4. The lowest BCUT2D eigenvalue weighted by atomic mass is 10.4. The number of aliphatic hydroxyl groups excluding tert-OH is 1. The van der Waals surface area contributed by atoms with Gasteiger partial charge in [0.2, 0.25) is 0 Å². The van der Waals surface area contributed by atoms with Crippen molar-refractivity contribution < 1.29 is 19.4 Å². The van der Waals surface area contributed by atoms with Crippen LogP contribution in [0, 0.1) is 0 Å². The molecule has 0 aliphatic heterocycles. The van der Waals surface area contributed by atoms with Crippen molar-refractivity contribution in [3.63, 3.8) is 0 Å². The molecule has 0 rings (SSSR count). The number of hydrogen-bond acceptors (Lipinski definition) is 3. The molecule has 0 saturated carbocycles. The molecule has 0 unspecified atom stereocenters. The third-order valence-electron chi connectivity index (χ3n) is 0.539. The van der Waals surface area contributed by atoms with Crippen LogP contribution in [-0.4, -0.2) is 17.5 Å². The maximum atomic E-state index is 10.3. The second-order valence-corrected chi connectivity index (χ2v) is 1.44. The van der Waals surface area contributed by atoms with Gasteiger partial charge in [0.1, 0.15) is 0 Å². The van der Waals surface area contributed by atoms with Crippen LogP contribution in [0.4, 0.5) is 0 Å². The van der Waals surface area contributed by atoms with E-state index < -0.39 is 5.97 Å². The van der Waals surface area contributed by atoms with Crippen molar-refractivity contribution in [2.45, 2.75) is 6.92 Å². The Labute approximate surface area is 64.8 Å². The second kappa shape index (κ2) is 8.42. The summed E-state index contributed by atoms with van der Waals surface area (Å²) in [6, 6.07) is 0. The molecule has 0 aromatic heterocycles. The van der Waals surface area contributed by atoms with Crippen molar-refractivity contribution in [1.29, 1.82) is 0 Å². The van der Waals surface area contributed by atoms with Gasteiger partial charge in [0.15, 0.2) is 0 Å². The summed E-state index contributed by atoms with van der Waals surface area (Å²) in [7, 11) is 0. The molecule has 0 atom stereocenters. The van der Waals surface area contributed by atoms with E-state index in [4.69, 9.17) is 9.90 Å². The normalized spacial score (nSPS) is 6.64. The Bertz CT molecular complexity index is 160. The summed E-state index contributed by atoms with van der Waals surface area (Å²) >= 11 is 0. The van der Waals surface area contributed by atoms with E-state index in [1.165, 1.54) is 0 Å². The Kier molecular flexibility index (Phi) is 9.29. The van der Waals surface area contributed by atoms with Crippen molar-refractivity contribution in [1.82, 2.24) is 0 Å². The van der Waals surface area contributed by atoms with Crippen LogP contribution in [0.5, 0.6) is 0 Å². The highest BCUT2D eigenvalue weighted by molar-refractivity contribution is 5.87. The van der Waals surface area contributed by atoms with Crippen molar-refractivity contribution >= 4 is 12.4 Å². The summed E-state index contributed by atoms with van der Waals surface area (Å²) in [4.78, 5) is 18.6. The second-order valence-electron chi connectivity index (χ2n) is 1.44. The number of rotatable bonds is 2. The van der Waals surface area contributed by atoms with Gasteiger partial charge in [0.25, 0.3) is 0 Å². The first-order valence-corrected chi connectivity index (χ1v) is 2.58. The van der Waals surface area contributed by atoms with Gasteiger partial charge in [-0.2, -0.15) is 0 Å². The molecule has 0 saturated heterocycles. The zero-order chi connectivity index (χ0) is 9.28. The number of esters is 1. The van der Waals surface area contributed by atoms with Gasteiger partial charge in [-0.25, -0.2) is 9.59 Å². The van der Waals surface area contributed by atoms with E-state index >= 15 is 0 Å². The Balaban J connectivity index is 0. The van der Waals surface area contributed by atoms with E-state index in [1.54, 1.807) is 6.92 Å². The minimum atomic E-state index is -0.431. The molecule has 11 heavy (non-hydrogen) atoms. The fourth-order valence-electron chi connectivity index (χ4n) is 0.176. The third kappa shape index (κ3) is 11.8. The average molecular weight is 157 g/mol. The van der Waals surface area contributed by atoms with Crippen LogP contribution in [0.25, 0.3) is 0 Å². The van der Waals surface area contributed by atoms with Gasteiger partial charge in [0, 0.05) is 5.57 Å². The summed E-state index contributed by atoms with van der Waals surface area (Å²) in [5, 5.41) is 6.76. The number of ether oxygens (including phenoxy) is 1. The monoisotopic (exact) mass is 157 g/mol. The van der Waals surface area contributed by atoms with Crippen LogP contribution in [0.3, 0.4) is 0 Å². The topological polar surface area (TPSA) is 63.6 Å². The lowest BCUT2D eigenvalue weighted by Gasteiger charge is -1.92. The summed E-state index contributed by atoms with van der Waals surface area (Å²) in [6.07, 6.45) is 1.08. The van der Waals surface area contributed by atoms with Crippen molar-refractivity contribution in [2.24, 2.45) is 0 Å². The molecule has 1 radical (unpaired) electrons. The summed E-state index contributed by atoms with van der Waals surface area (Å²) in [5.41, 5.74) is 0.380. The van der Waals surface area contributed by atoms with E-state index in [9.17, 15) is 4.79 Å². The standard InChI is InChI=1S/C6H8O2.CHO2/c1-4-8-6(7)5(2)3;2-1-3/h4H,1-2H2,3H3;(H,2,3). The molecule has 1 N–H and O–H groups in total. The van der Waals surface area contributed by atoms with Crippen molar-refractivity contribution in [2.75, 3.05) is 0 Å². The minimum Gasteiger partial charge on any atom is -0.473 e. The van der Waals surface area contributed by atoms with E-state index in [0.29, 0.717) is 12.0 Å². The quantitative estimate of drug-likeness (QED) is 0.367. The Morgan fingerprint density at radius 2 is 2.09 bits per heavy atom. The van der Waals surface area contributed by atoms with Gasteiger partial charge in [0.05, 0.1) is 6.26 Å². The predicted molar refractivity (Wildman–Crippen MR) is 39.4 cm³/mol. The first-order valence-electron chi connectivity index (χ1n) is 2.58. The van der Waals surface area contributed by atoms with Gasteiger partial charge in [-0.15, -0.1) is 0 Å². The number of hydrogen-bond donors (Lipinski definition) is 1. The van der Waals surface area contributed by atoms with E-state index in [1.807, 2.05) is 0 Å². The molecule has 0 fully saturated rings. The molecule has 61 valence electrons. The van der Waals surface area contributed by atoms with Gasteiger partial charge >= 0.3 is 12.4 Å². The smallest absolute Gasteiger partial charge is 0.414 e. The molecule has 0 aromatic rings. The van der Waals surface area contributed by atoms with Crippen LogP contribution in [0.15, 0.2) is 25.0 Å². The molecule has 0 aliphatic carbocycles. The minimum absolute atomic E-state index is 0.380. The molecule has 0 spiro atoms. The molecule has 0 bridgehead atoms. The molecule has 4 nitrogen and oxygen atoms in total. The van der Waals surface area contributed by atoms with Crippen molar-refractivity contribution in [3.8, 4) is 0 Å². The Morgan fingerprint density at radius 3 is 2.18 bits per heavy atom. The van der Waals surface area contributed by atoms with Crippen molar-refractivity contribution in [3.05, 3.63) is 25.0 Å². The highest BCUT2D eigenvalue weighted by atomic mass is 16.5. The maximum Gasteiger partial charge on any atom is 0.414 e. The average Bonchev–Trinajstić information content (AvgIpc) is 1.90. The molecule has 0 aliphatic rings. The first kappa shape index (κ1) is 12.1. The van der Waals surface area contributed by atoms with E-state index in [0.717, 1.165) is 6.26 Å². The van der Waals surface area contributed by atoms with Gasteiger partial charge in [-0.3, -0.25) is 0 Å². The number of carbonyl (C=O) groups is 1. The van der Waals surface area contributed by atoms with Gasteiger partial charge < -0.3 is 9.84 Å².